The maximum absolute atomic E-state index is 13.9. The minimum absolute atomic E-state index is 0.110. The van der Waals surface area contributed by atoms with Crippen molar-refractivity contribution in [1.29, 1.82) is 0 Å². The molecule has 4 atom stereocenters. The number of hydrogen-bond acceptors (Lipinski definition) is 6. The Morgan fingerprint density at radius 1 is 0.974 bits per heavy atom. The van der Waals surface area contributed by atoms with Gasteiger partial charge in [0.15, 0.2) is 11.6 Å². The topological polar surface area (TPSA) is 101 Å². The van der Waals surface area contributed by atoms with Crippen molar-refractivity contribution in [2.45, 2.75) is 18.8 Å². The van der Waals surface area contributed by atoms with Gasteiger partial charge in [0.25, 0.3) is 0 Å². The predicted molar refractivity (Wildman–Crippen MR) is 155 cm³/mol. The number of benzene rings is 2. The minimum Gasteiger partial charge on any atom is -0.491 e. The van der Waals surface area contributed by atoms with Crippen LogP contribution in [0.2, 0.25) is 0 Å². The molecule has 3 aliphatic carbocycles. The summed E-state index contributed by atoms with van der Waals surface area (Å²) in [5.41, 5.74) is 3.07. The highest BCUT2D eigenvalue weighted by Gasteiger charge is 2.56. The number of aliphatic hydroxyl groups is 1. The third-order valence-corrected chi connectivity index (χ3v) is 9.30. The van der Waals surface area contributed by atoms with Crippen LogP contribution >= 0.6 is 38.5 Å². The van der Waals surface area contributed by atoms with E-state index in [-0.39, 0.29) is 47.5 Å². The number of ether oxygens (including phenoxy) is 1. The van der Waals surface area contributed by atoms with E-state index in [1.54, 1.807) is 24.3 Å². The Bertz CT molecular complexity index is 1510. The molecule has 2 amide bonds. The van der Waals surface area contributed by atoms with Gasteiger partial charge in [0.1, 0.15) is 12.4 Å². The number of carbonyl (C=O) groups excluding carboxylic acids is 4. The highest BCUT2D eigenvalue weighted by Crippen LogP contribution is 2.55. The first-order valence-electron chi connectivity index (χ1n) is 12.7. The molecule has 1 N–H and O–H groups in total. The molecule has 1 aliphatic heterocycles. The monoisotopic (exact) mass is 699 g/mol. The summed E-state index contributed by atoms with van der Waals surface area (Å²) in [4.78, 5) is 55.4. The van der Waals surface area contributed by atoms with E-state index in [1.165, 1.54) is 11.0 Å². The summed E-state index contributed by atoms with van der Waals surface area (Å²) < 4.78 is 6.70. The maximum atomic E-state index is 13.9. The molecular weight excluding hydrogens is 677 g/mol. The number of amides is 2. The van der Waals surface area contributed by atoms with Gasteiger partial charge in [-0.2, -0.15) is 0 Å². The van der Waals surface area contributed by atoms with Gasteiger partial charge in [0.05, 0.1) is 28.6 Å². The van der Waals surface area contributed by atoms with E-state index < -0.39 is 23.7 Å². The van der Waals surface area contributed by atoms with Crippen molar-refractivity contribution in [3.63, 3.8) is 0 Å². The fraction of sp³-hybridized carbons (Fsp3) is 0.267. The quantitative estimate of drug-likeness (QED) is 0.212. The summed E-state index contributed by atoms with van der Waals surface area (Å²) in [6, 6.07) is 14.5. The smallest absolute Gasteiger partial charge is 0.238 e. The zero-order valence-corrected chi connectivity index (χ0v) is 24.3. The first kappa shape index (κ1) is 26.3. The molecule has 2 aromatic rings. The average Bonchev–Trinajstić information content (AvgIpc) is 3.20. The number of aliphatic hydroxyl groups excluding tert-OH is 1. The molecule has 0 aromatic heterocycles. The van der Waals surface area contributed by atoms with Crippen LogP contribution in [-0.4, -0.2) is 41.7 Å². The highest BCUT2D eigenvalue weighted by molar-refractivity contribution is 14.1. The molecule has 1 heterocycles. The second-order valence-corrected chi connectivity index (χ2v) is 12.1. The van der Waals surface area contributed by atoms with Gasteiger partial charge < -0.3 is 9.84 Å². The van der Waals surface area contributed by atoms with Crippen molar-refractivity contribution in [3.05, 3.63) is 91.0 Å². The Labute approximate surface area is 246 Å². The van der Waals surface area contributed by atoms with E-state index in [2.05, 4.69) is 38.5 Å². The van der Waals surface area contributed by atoms with E-state index in [4.69, 9.17) is 9.84 Å². The van der Waals surface area contributed by atoms with Crippen LogP contribution in [-0.2, 0) is 19.2 Å². The molecule has 1 fully saturated rings. The molecule has 9 heteroatoms. The number of Topliss-reactive ketones (excluding diaryl/α,β-unsaturated/α-hetero) is 1. The Balaban J connectivity index is 1.43. The SMILES string of the molecule is O=C1C=C(Br)C(=O)C2=C1C(c1ccc(OCCO)cc1)C1=CCC3C(=O)N(c4ccc(I)cc4)C(=O)C3C1C2. The number of fused-ring (bicyclic) bond motifs is 3. The Kier molecular flexibility index (Phi) is 6.93. The molecule has 198 valence electrons. The van der Waals surface area contributed by atoms with Crippen molar-refractivity contribution >= 4 is 67.6 Å². The van der Waals surface area contributed by atoms with Gasteiger partial charge in [-0.1, -0.05) is 23.8 Å². The predicted octanol–water partition coefficient (Wildman–Crippen LogP) is 4.63. The van der Waals surface area contributed by atoms with Crippen LogP contribution in [0.1, 0.15) is 24.3 Å². The zero-order valence-electron chi connectivity index (χ0n) is 20.6. The molecule has 0 radical (unpaired) electrons. The van der Waals surface area contributed by atoms with Gasteiger partial charge in [-0.25, -0.2) is 0 Å². The van der Waals surface area contributed by atoms with Crippen molar-refractivity contribution < 1.29 is 29.0 Å². The Morgan fingerprint density at radius 2 is 1.69 bits per heavy atom. The van der Waals surface area contributed by atoms with Crippen molar-refractivity contribution in [2.75, 3.05) is 18.1 Å². The number of hydrogen-bond donors (Lipinski definition) is 1. The zero-order chi connectivity index (χ0) is 27.4. The number of allylic oxidation sites excluding steroid dienone is 6. The summed E-state index contributed by atoms with van der Waals surface area (Å²) in [6.45, 7) is 0.0505. The van der Waals surface area contributed by atoms with E-state index in [0.717, 1.165) is 14.7 Å². The second-order valence-electron chi connectivity index (χ2n) is 10.0. The highest BCUT2D eigenvalue weighted by atomic mass is 127. The molecule has 39 heavy (non-hydrogen) atoms. The van der Waals surface area contributed by atoms with Crippen LogP contribution in [0.25, 0.3) is 0 Å². The molecular formula is C30H23BrINO6. The molecule has 0 saturated carbocycles. The lowest BCUT2D eigenvalue weighted by atomic mass is 9.59. The van der Waals surface area contributed by atoms with Crippen LogP contribution in [0.5, 0.6) is 5.75 Å². The Hall–Kier alpha value is -2.89. The summed E-state index contributed by atoms with van der Waals surface area (Å²) in [7, 11) is 0. The fourth-order valence-electron chi connectivity index (χ4n) is 6.35. The van der Waals surface area contributed by atoms with Crippen molar-refractivity contribution in [2.24, 2.45) is 17.8 Å². The number of imide groups is 1. The second kappa shape index (κ2) is 10.3. The average molecular weight is 700 g/mol. The van der Waals surface area contributed by atoms with Crippen LogP contribution in [0.3, 0.4) is 0 Å². The molecule has 2 aromatic carbocycles. The number of rotatable bonds is 5. The van der Waals surface area contributed by atoms with E-state index in [9.17, 15) is 19.2 Å². The lowest BCUT2D eigenvalue weighted by Gasteiger charge is -2.42. The summed E-state index contributed by atoms with van der Waals surface area (Å²) in [6.07, 6.45) is 3.94. The lowest BCUT2D eigenvalue weighted by Crippen LogP contribution is -2.39. The third kappa shape index (κ3) is 4.35. The molecule has 0 bridgehead atoms. The number of nitrogens with zero attached hydrogens (tertiary/aromatic N) is 1. The first-order chi connectivity index (χ1) is 18.8. The van der Waals surface area contributed by atoms with Gasteiger partial charge in [-0.3, -0.25) is 24.1 Å². The molecule has 6 rings (SSSR count). The Morgan fingerprint density at radius 3 is 2.38 bits per heavy atom. The number of anilines is 1. The van der Waals surface area contributed by atoms with Crippen LogP contribution < -0.4 is 9.64 Å². The van der Waals surface area contributed by atoms with Gasteiger partial charge in [0, 0.05) is 26.7 Å². The van der Waals surface area contributed by atoms with Gasteiger partial charge in [-0.05, 0) is 99.2 Å². The van der Waals surface area contributed by atoms with Crippen LogP contribution in [0.15, 0.2) is 81.9 Å². The van der Waals surface area contributed by atoms with Gasteiger partial charge >= 0.3 is 0 Å². The van der Waals surface area contributed by atoms with Gasteiger partial charge in [-0.15, -0.1) is 0 Å². The molecule has 4 unspecified atom stereocenters. The van der Waals surface area contributed by atoms with Crippen molar-refractivity contribution in [3.8, 4) is 5.75 Å². The summed E-state index contributed by atoms with van der Waals surface area (Å²) in [5.74, 6) is -2.46. The molecule has 4 aliphatic rings. The van der Waals surface area contributed by atoms with E-state index in [0.29, 0.717) is 29.0 Å². The minimum atomic E-state index is -0.618. The third-order valence-electron chi connectivity index (χ3n) is 7.99. The van der Waals surface area contributed by atoms with Crippen LogP contribution in [0, 0.1) is 21.3 Å². The van der Waals surface area contributed by atoms with Crippen molar-refractivity contribution in [1.82, 2.24) is 0 Å². The van der Waals surface area contributed by atoms with E-state index >= 15 is 0 Å². The summed E-state index contributed by atoms with van der Waals surface area (Å²) >= 11 is 5.43. The lowest BCUT2D eigenvalue weighted by molar-refractivity contribution is -0.123. The number of carbonyl (C=O) groups is 4. The maximum Gasteiger partial charge on any atom is 0.238 e. The normalized spacial score (nSPS) is 26.2. The number of halogens is 2. The molecule has 0 spiro atoms. The van der Waals surface area contributed by atoms with Gasteiger partial charge in [0.2, 0.25) is 11.8 Å². The first-order valence-corrected chi connectivity index (χ1v) is 14.5. The standard InChI is InChI=1S/C30H23BrINO6/c31-23-14-24(35)27-22(28(23)36)13-21-19(25(27)15-1-7-18(8-2-15)39-12-11-34)9-10-20-26(21)30(38)33(29(20)37)17-5-3-16(32)4-6-17/h1-9,14,20-21,25-26,34H,10-13H2. The van der Waals surface area contributed by atoms with E-state index in [1.807, 2.05) is 30.3 Å². The molecule has 7 nitrogen and oxygen atoms in total. The largest absolute Gasteiger partial charge is 0.491 e. The number of ketones is 2. The molecule has 1 saturated heterocycles. The summed E-state index contributed by atoms with van der Waals surface area (Å²) in [5, 5.41) is 9.07. The van der Waals surface area contributed by atoms with Crippen LogP contribution in [0.4, 0.5) is 5.69 Å². The fourth-order valence-corrected chi connectivity index (χ4v) is 7.16.